The molecule has 1 aliphatic carbocycles. The fraction of sp³-hybridized carbons (Fsp3) is 1.00. The standard InChI is InChI=1S/C14H30N/c1-4-5-13-15(2,3)14-11-9-7-6-8-10-12-14/h14H,4-13H2,1-3H3/q+1. The Balaban J connectivity index is 2.42. The zero-order valence-electron chi connectivity index (χ0n) is 11.1. The third-order valence-corrected chi connectivity index (χ3v) is 4.15. The highest BCUT2D eigenvalue weighted by Crippen LogP contribution is 2.24. The predicted molar refractivity (Wildman–Crippen MR) is 68.0 cm³/mol. The summed E-state index contributed by atoms with van der Waals surface area (Å²) in [4.78, 5) is 0. The minimum atomic E-state index is 0.942. The Hall–Kier alpha value is -0.0400. The van der Waals surface area contributed by atoms with Crippen molar-refractivity contribution in [2.24, 2.45) is 0 Å². The molecule has 0 heterocycles. The van der Waals surface area contributed by atoms with E-state index >= 15 is 0 Å². The van der Waals surface area contributed by atoms with Gasteiger partial charge in [-0.05, 0) is 32.1 Å². The van der Waals surface area contributed by atoms with Crippen LogP contribution in [0.2, 0.25) is 0 Å². The quantitative estimate of drug-likeness (QED) is 0.618. The second-order valence-corrected chi connectivity index (χ2v) is 5.85. The number of nitrogens with zero attached hydrogens (tertiary/aromatic N) is 1. The van der Waals surface area contributed by atoms with Gasteiger partial charge in [0.05, 0.1) is 26.7 Å². The van der Waals surface area contributed by atoms with E-state index in [2.05, 4.69) is 21.0 Å². The highest BCUT2D eigenvalue weighted by atomic mass is 15.3. The van der Waals surface area contributed by atoms with Crippen LogP contribution in [0.15, 0.2) is 0 Å². The smallest absolute Gasteiger partial charge is 0.0886 e. The summed E-state index contributed by atoms with van der Waals surface area (Å²) in [5, 5.41) is 0. The van der Waals surface area contributed by atoms with Crippen LogP contribution in [0.3, 0.4) is 0 Å². The molecule has 1 aliphatic rings. The van der Waals surface area contributed by atoms with E-state index in [9.17, 15) is 0 Å². The first kappa shape index (κ1) is 13.0. The minimum absolute atomic E-state index is 0.942. The molecule has 0 radical (unpaired) electrons. The van der Waals surface area contributed by atoms with E-state index in [0.29, 0.717) is 0 Å². The maximum atomic E-state index is 2.45. The second-order valence-electron chi connectivity index (χ2n) is 5.85. The summed E-state index contributed by atoms with van der Waals surface area (Å²) in [6, 6.07) is 0.942. The van der Waals surface area contributed by atoms with Crippen molar-refractivity contribution < 1.29 is 4.48 Å². The van der Waals surface area contributed by atoms with Gasteiger partial charge in [-0.1, -0.05) is 32.6 Å². The maximum Gasteiger partial charge on any atom is 0.0886 e. The van der Waals surface area contributed by atoms with Gasteiger partial charge in [0.2, 0.25) is 0 Å². The molecule has 1 saturated carbocycles. The zero-order valence-corrected chi connectivity index (χ0v) is 11.1. The molecule has 0 aromatic rings. The Morgan fingerprint density at radius 2 is 1.47 bits per heavy atom. The van der Waals surface area contributed by atoms with E-state index in [1.54, 1.807) is 0 Å². The van der Waals surface area contributed by atoms with Crippen molar-refractivity contribution in [3.05, 3.63) is 0 Å². The van der Waals surface area contributed by atoms with Gasteiger partial charge in [-0.2, -0.15) is 0 Å². The van der Waals surface area contributed by atoms with Gasteiger partial charge in [0.15, 0.2) is 0 Å². The van der Waals surface area contributed by atoms with E-state index in [1.165, 1.54) is 68.8 Å². The van der Waals surface area contributed by atoms with Crippen LogP contribution in [-0.4, -0.2) is 31.2 Å². The number of quaternary nitrogens is 1. The largest absolute Gasteiger partial charge is 0.326 e. The molecule has 0 saturated heterocycles. The summed E-state index contributed by atoms with van der Waals surface area (Å²) >= 11 is 0. The lowest BCUT2D eigenvalue weighted by Crippen LogP contribution is -2.49. The molecule has 0 N–H and O–H groups in total. The third-order valence-electron chi connectivity index (χ3n) is 4.15. The molecule has 0 aliphatic heterocycles. The first-order chi connectivity index (χ1) is 7.17. The Morgan fingerprint density at radius 1 is 0.933 bits per heavy atom. The summed E-state index contributed by atoms with van der Waals surface area (Å²) in [6.07, 6.45) is 13.0. The molecule has 0 unspecified atom stereocenters. The van der Waals surface area contributed by atoms with Crippen molar-refractivity contribution in [1.82, 2.24) is 0 Å². The molecule has 1 nitrogen and oxygen atoms in total. The molecule has 90 valence electrons. The first-order valence-corrected chi connectivity index (χ1v) is 6.99. The Morgan fingerprint density at radius 3 is 2.00 bits per heavy atom. The van der Waals surface area contributed by atoms with Crippen LogP contribution in [0, 0.1) is 0 Å². The summed E-state index contributed by atoms with van der Waals surface area (Å²) in [6.45, 7) is 3.68. The molecule has 1 fully saturated rings. The van der Waals surface area contributed by atoms with Crippen LogP contribution in [0.5, 0.6) is 0 Å². The average Bonchev–Trinajstić information content (AvgIpc) is 2.13. The van der Waals surface area contributed by atoms with Crippen molar-refractivity contribution in [1.29, 1.82) is 0 Å². The molecule has 0 spiro atoms. The Kier molecular flexibility index (Phi) is 5.66. The van der Waals surface area contributed by atoms with Gasteiger partial charge in [-0.15, -0.1) is 0 Å². The van der Waals surface area contributed by atoms with Gasteiger partial charge in [0, 0.05) is 0 Å². The fourth-order valence-corrected chi connectivity index (χ4v) is 2.88. The van der Waals surface area contributed by atoms with Crippen molar-refractivity contribution in [3.63, 3.8) is 0 Å². The first-order valence-electron chi connectivity index (χ1n) is 6.99. The summed E-state index contributed by atoms with van der Waals surface area (Å²) in [5.74, 6) is 0. The molecule has 0 aromatic heterocycles. The topological polar surface area (TPSA) is 0 Å². The van der Waals surface area contributed by atoms with Crippen molar-refractivity contribution in [2.45, 2.75) is 70.8 Å². The highest BCUT2D eigenvalue weighted by molar-refractivity contribution is 4.63. The Bertz CT molecular complexity index is 155. The lowest BCUT2D eigenvalue weighted by molar-refractivity contribution is -0.916. The molecule has 15 heavy (non-hydrogen) atoms. The molecular formula is C14H30N+. The lowest BCUT2D eigenvalue weighted by atomic mass is 9.94. The molecule has 1 heteroatoms. The van der Waals surface area contributed by atoms with Gasteiger partial charge < -0.3 is 4.48 Å². The molecular weight excluding hydrogens is 182 g/mol. The van der Waals surface area contributed by atoms with Crippen molar-refractivity contribution >= 4 is 0 Å². The van der Waals surface area contributed by atoms with Crippen LogP contribution in [0.25, 0.3) is 0 Å². The highest BCUT2D eigenvalue weighted by Gasteiger charge is 2.27. The number of rotatable bonds is 4. The zero-order chi connectivity index (χ0) is 11.1. The second kappa shape index (κ2) is 6.52. The predicted octanol–water partition coefficient (Wildman–Crippen LogP) is 3.98. The van der Waals surface area contributed by atoms with Gasteiger partial charge >= 0.3 is 0 Å². The maximum absolute atomic E-state index is 2.45. The normalized spacial score (nSPS) is 21.0. The summed E-state index contributed by atoms with van der Waals surface area (Å²) in [7, 11) is 4.89. The number of unbranched alkanes of at least 4 members (excludes halogenated alkanes) is 1. The minimum Gasteiger partial charge on any atom is -0.326 e. The fourth-order valence-electron chi connectivity index (χ4n) is 2.88. The molecule has 0 atom stereocenters. The summed E-state index contributed by atoms with van der Waals surface area (Å²) in [5.41, 5.74) is 0. The van der Waals surface area contributed by atoms with Crippen molar-refractivity contribution in [2.75, 3.05) is 20.6 Å². The number of hydrogen-bond donors (Lipinski definition) is 0. The monoisotopic (exact) mass is 212 g/mol. The third kappa shape index (κ3) is 4.55. The average molecular weight is 212 g/mol. The van der Waals surface area contributed by atoms with E-state index in [1.807, 2.05) is 0 Å². The van der Waals surface area contributed by atoms with E-state index < -0.39 is 0 Å². The van der Waals surface area contributed by atoms with E-state index in [4.69, 9.17) is 0 Å². The SMILES string of the molecule is CCCC[N+](C)(C)C1CCCCCCC1. The molecule has 0 bridgehead atoms. The van der Waals surface area contributed by atoms with Gasteiger partial charge in [-0.3, -0.25) is 0 Å². The molecule has 1 rings (SSSR count). The summed E-state index contributed by atoms with van der Waals surface area (Å²) < 4.78 is 1.27. The molecule has 0 amide bonds. The number of hydrogen-bond acceptors (Lipinski definition) is 0. The van der Waals surface area contributed by atoms with E-state index in [-0.39, 0.29) is 0 Å². The van der Waals surface area contributed by atoms with Crippen LogP contribution in [0.1, 0.15) is 64.7 Å². The lowest BCUT2D eigenvalue weighted by Gasteiger charge is -2.39. The van der Waals surface area contributed by atoms with Gasteiger partial charge in [0.25, 0.3) is 0 Å². The van der Waals surface area contributed by atoms with E-state index in [0.717, 1.165) is 6.04 Å². The van der Waals surface area contributed by atoms with Crippen LogP contribution >= 0.6 is 0 Å². The van der Waals surface area contributed by atoms with Gasteiger partial charge in [-0.25, -0.2) is 0 Å². The van der Waals surface area contributed by atoms with Crippen LogP contribution in [0.4, 0.5) is 0 Å². The van der Waals surface area contributed by atoms with Crippen LogP contribution < -0.4 is 0 Å². The van der Waals surface area contributed by atoms with Crippen LogP contribution in [-0.2, 0) is 0 Å². The Labute approximate surface area is 96.4 Å². The molecule has 0 aromatic carbocycles. The van der Waals surface area contributed by atoms with Crippen molar-refractivity contribution in [3.8, 4) is 0 Å². The van der Waals surface area contributed by atoms with Gasteiger partial charge in [0.1, 0.15) is 0 Å².